The third-order valence-corrected chi connectivity index (χ3v) is 3.62. The summed E-state index contributed by atoms with van der Waals surface area (Å²) in [7, 11) is 0. The molecule has 0 radical (unpaired) electrons. The van der Waals surface area contributed by atoms with Crippen LogP contribution in [0.2, 0.25) is 0 Å². The van der Waals surface area contributed by atoms with Gasteiger partial charge in [0.1, 0.15) is 23.7 Å². The van der Waals surface area contributed by atoms with Crippen molar-refractivity contribution in [3.63, 3.8) is 0 Å². The van der Waals surface area contributed by atoms with Gasteiger partial charge in [-0.3, -0.25) is 0 Å². The predicted molar refractivity (Wildman–Crippen MR) is 73.9 cm³/mol. The summed E-state index contributed by atoms with van der Waals surface area (Å²) in [5.74, 6) is -1.75. The Morgan fingerprint density at radius 1 is 0.864 bits per heavy atom. The SMILES string of the molecule is Oc1ccc2c(c1)O[C@H](c1cc(O)c(O)c(O)c1)[C@@H](O)[C@@H]2O. The van der Waals surface area contributed by atoms with Gasteiger partial charge < -0.3 is 35.4 Å². The quantitative estimate of drug-likeness (QED) is 0.434. The first kappa shape index (κ1) is 14.3. The van der Waals surface area contributed by atoms with Gasteiger partial charge in [-0.1, -0.05) is 0 Å². The molecule has 3 rings (SSSR count). The molecule has 2 aromatic rings. The van der Waals surface area contributed by atoms with E-state index in [9.17, 15) is 30.6 Å². The van der Waals surface area contributed by atoms with Crippen LogP contribution in [-0.2, 0) is 0 Å². The molecule has 0 saturated carbocycles. The third kappa shape index (κ3) is 2.16. The fourth-order valence-corrected chi connectivity index (χ4v) is 2.48. The van der Waals surface area contributed by atoms with Crippen molar-refractivity contribution in [3.05, 3.63) is 41.5 Å². The number of benzene rings is 2. The smallest absolute Gasteiger partial charge is 0.200 e. The Hall–Kier alpha value is -2.64. The maximum atomic E-state index is 10.2. The number of fused-ring (bicyclic) bond motifs is 1. The Bertz CT molecular complexity index is 705. The molecule has 0 bridgehead atoms. The Morgan fingerprint density at radius 3 is 2.14 bits per heavy atom. The summed E-state index contributed by atoms with van der Waals surface area (Å²) >= 11 is 0. The van der Waals surface area contributed by atoms with Gasteiger partial charge in [0.2, 0.25) is 0 Å². The largest absolute Gasteiger partial charge is 0.508 e. The lowest BCUT2D eigenvalue weighted by Gasteiger charge is -2.34. The van der Waals surface area contributed by atoms with Crippen molar-refractivity contribution >= 4 is 0 Å². The van der Waals surface area contributed by atoms with Crippen molar-refractivity contribution in [3.8, 4) is 28.7 Å². The zero-order valence-corrected chi connectivity index (χ0v) is 11.2. The second kappa shape index (κ2) is 4.97. The topological polar surface area (TPSA) is 131 Å². The molecule has 7 heteroatoms. The molecule has 3 atom stereocenters. The Labute approximate surface area is 124 Å². The number of aromatic hydroxyl groups is 4. The van der Waals surface area contributed by atoms with Crippen LogP contribution in [0.3, 0.4) is 0 Å². The fraction of sp³-hybridized carbons (Fsp3) is 0.200. The van der Waals surface area contributed by atoms with Crippen LogP contribution in [0.15, 0.2) is 30.3 Å². The third-order valence-electron chi connectivity index (χ3n) is 3.62. The van der Waals surface area contributed by atoms with E-state index in [1.54, 1.807) is 0 Å². The van der Waals surface area contributed by atoms with Gasteiger partial charge in [-0.2, -0.15) is 0 Å². The highest BCUT2D eigenvalue weighted by Crippen LogP contribution is 2.45. The molecule has 7 nitrogen and oxygen atoms in total. The Kier molecular flexibility index (Phi) is 3.23. The highest BCUT2D eigenvalue weighted by atomic mass is 16.5. The minimum atomic E-state index is -1.36. The van der Waals surface area contributed by atoms with Crippen LogP contribution in [0.25, 0.3) is 0 Å². The van der Waals surface area contributed by atoms with E-state index < -0.39 is 35.6 Å². The summed E-state index contributed by atoms with van der Waals surface area (Å²) < 4.78 is 5.56. The van der Waals surface area contributed by atoms with Crippen LogP contribution in [0.1, 0.15) is 23.3 Å². The van der Waals surface area contributed by atoms with Crippen LogP contribution >= 0.6 is 0 Å². The van der Waals surface area contributed by atoms with Gasteiger partial charge in [0.25, 0.3) is 0 Å². The van der Waals surface area contributed by atoms with Gasteiger partial charge >= 0.3 is 0 Å². The number of hydrogen-bond acceptors (Lipinski definition) is 7. The van der Waals surface area contributed by atoms with Crippen molar-refractivity contribution in [2.24, 2.45) is 0 Å². The normalized spacial score (nSPS) is 23.6. The average molecular weight is 306 g/mol. The maximum Gasteiger partial charge on any atom is 0.200 e. The van der Waals surface area contributed by atoms with Gasteiger partial charge in [0.05, 0.1) is 0 Å². The molecule has 0 spiro atoms. The summed E-state index contributed by atoms with van der Waals surface area (Å²) in [4.78, 5) is 0. The number of hydrogen-bond donors (Lipinski definition) is 6. The van der Waals surface area contributed by atoms with E-state index >= 15 is 0 Å². The molecule has 0 amide bonds. The summed E-state index contributed by atoms with van der Waals surface area (Å²) in [6.07, 6.45) is -3.73. The van der Waals surface area contributed by atoms with Gasteiger partial charge in [0.15, 0.2) is 23.4 Å². The number of aliphatic hydroxyl groups excluding tert-OH is 2. The van der Waals surface area contributed by atoms with Crippen LogP contribution in [0.5, 0.6) is 28.7 Å². The molecule has 22 heavy (non-hydrogen) atoms. The highest BCUT2D eigenvalue weighted by molar-refractivity contribution is 5.52. The lowest BCUT2D eigenvalue weighted by atomic mass is 9.92. The molecule has 1 aliphatic heterocycles. The molecular formula is C15H14O7. The molecule has 0 aliphatic carbocycles. The molecule has 2 aromatic carbocycles. The van der Waals surface area contributed by atoms with E-state index in [1.807, 2.05) is 0 Å². The fourth-order valence-electron chi connectivity index (χ4n) is 2.48. The molecular weight excluding hydrogens is 292 g/mol. The highest BCUT2D eigenvalue weighted by Gasteiger charge is 2.38. The van der Waals surface area contributed by atoms with Crippen molar-refractivity contribution in [2.75, 3.05) is 0 Å². The number of ether oxygens (including phenoxy) is 1. The number of phenolic OH excluding ortho intramolecular Hbond substituents is 4. The predicted octanol–water partition coefficient (Wildman–Crippen LogP) is 1.04. The van der Waals surface area contributed by atoms with E-state index in [4.69, 9.17) is 4.74 Å². The molecule has 0 saturated heterocycles. The molecule has 116 valence electrons. The van der Waals surface area contributed by atoms with E-state index in [-0.39, 0.29) is 17.1 Å². The van der Waals surface area contributed by atoms with E-state index in [1.165, 1.54) is 18.2 Å². The van der Waals surface area contributed by atoms with Crippen molar-refractivity contribution in [2.45, 2.75) is 18.3 Å². The van der Waals surface area contributed by atoms with Gasteiger partial charge in [-0.15, -0.1) is 0 Å². The first-order chi connectivity index (χ1) is 10.4. The van der Waals surface area contributed by atoms with Crippen molar-refractivity contribution in [1.29, 1.82) is 0 Å². The summed E-state index contributed by atoms with van der Waals surface area (Å²) in [5.41, 5.74) is 0.474. The van der Waals surface area contributed by atoms with Gasteiger partial charge in [-0.25, -0.2) is 0 Å². The summed E-state index contributed by atoms with van der Waals surface area (Å²) in [5, 5.41) is 58.3. The van der Waals surface area contributed by atoms with Gasteiger partial charge in [-0.05, 0) is 24.3 Å². The van der Waals surface area contributed by atoms with E-state index in [0.29, 0.717) is 5.56 Å². The minimum Gasteiger partial charge on any atom is -0.508 e. The average Bonchev–Trinajstić information content (AvgIpc) is 2.47. The Balaban J connectivity index is 2.06. The van der Waals surface area contributed by atoms with Crippen molar-refractivity contribution in [1.82, 2.24) is 0 Å². The summed E-state index contributed by atoms with van der Waals surface area (Å²) in [6, 6.07) is 6.31. The number of rotatable bonds is 1. The molecule has 6 N–H and O–H groups in total. The van der Waals surface area contributed by atoms with Crippen LogP contribution in [0.4, 0.5) is 0 Å². The van der Waals surface area contributed by atoms with Crippen LogP contribution < -0.4 is 4.74 Å². The molecule has 0 fully saturated rings. The van der Waals surface area contributed by atoms with Crippen LogP contribution in [-0.4, -0.2) is 36.7 Å². The maximum absolute atomic E-state index is 10.2. The lowest BCUT2D eigenvalue weighted by Crippen LogP contribution is -2.34. The first-order valence-corrected chi connectivity index (χ1v) is 6.49. The Morgan fingerprint density at radius 2 is 1.50 bits per heavy atom. The second-order valence-corrected chi connectivity index (χ2v) is 5.10. The monoisotopic (exact) mass is 306 g/mol. The van der Waals surface area contributed by atoms with Crippen molar-refractivity contribution < 1.29 is 35.4 Å². The zero-order chi connectivity index (χ0) is 16.0. The number of phenols is 4. The molecule has 0 aromatic heterocycles. The van der Waals surface area contributed by atoms with Crippen LogP contribution in [0, 0.1) is 0 Å². The first-order valence-electron chi connectivity index (χ1n) is 6.49. The van der Waals surface area contributed by atoms with Gasteiger partial charge in [0, 0.05) is 17.2 Å². The zero-order valence-electron chi connectivity index (χ0n) is 11.2. The molecule has 1 aliphatic rings. The standard InChI is InChI=1S/C15H14O7/c16-7-1-2-8-11(5-7)22-15(14(21)12(8)19)6-3-9(17)13(20)10(18)4-6/h1-5,12,14-21H/t12-,14+,15-/m1/s1. The summed E-state index contributed by atoms with van der Waals surface area (Å²) in [6.45, 7) is 0. The number of aliphatic hydroxyl groups is 2. The van der Waals surface area contributed by atoms with E-state index in [2.05, 4.69) is 0 Å². The molecule has 1 heterocycles. The minimum absolute atomic E-state index is 0.0718. The lowest BCUT2D eigenvalue weighted by molar-refractivity contribution is -0.0701. The van der Waals surface area contributed by atoms with E-state index in [0.717, 1.165) is 12.1 Å². The molecule has 0 unspecified atom stereocenters. The second-order valence-electron chi connectivity index (χ2n) is 5.10.